The molecule has 6 rings (SSSR count). The first-order valence-electron chi connectivity index (χ1n) is 13.2. The van der Waals surface area contributed by atoms with Crippen LogP contribution in [0.25, 0.3) is 11.2 Å². The Morgan fingerprint density at radius 2 is 1.76 bits per heavy atom. The highest BCUT2D eigenvalue weighted by Gasteiger charge is 2.47. The monoisotopic (exact) mass is 638 g/mol. The van der Waals surface area contributed by atoms with E-state index in [1.165, 1.54) is 47.5 Å². The molecule has 42 heavy (non-hydrogen) atoms. The van der Waals surface area contributed by atoms with Gasteiger partial charge in [0, 0.05) is 0 Å². The van der Waals surface area contributed by atoms with Crippen LogP contribution in [-0.2, 0) is 27.2 Å². The molecule has 9 atom stereocenters. The molecule has 3 aliphatic heterocycles. The van der Waals surface area contributed by atoms with Crippen LogP contribution in [0.15, 0.2) is 24.3 Å². The standard InChI is InChI=1S/C16H21N5O12P2.C6H15N/c17-14-9-15-19-5-20(14)7-1-6(10(22)11(7)23)2-30-34(26,27)33-35(28,29)31-3-8-12(24)13(25)16(32-8)21(15)4-18-9;1-4-7(5-2)6-3/h1,4-5,7-8,10-13,16-17,22-25H,2-3H2,(H2,26,27,28,29);4-6H2,1-3H3/t7-,8-,10-,11+,12-,13-,16-;/m1./s1. The molecule has 5 heterocycles. The predicted octanol–water partition coefficient (Wildman–Crippen LogP) is -1.90. The van der Waals surface area contributed by atoms with E-state index in [0.29, 0.717) is 0 Å². The zero-order valence-corrected chi connectivity index (χ0v) is 24.9. The van der Waals surface area contributed by atoms with Gasteiger partial charge in [-0.2, -0.15) is 0 Å². The Labute approximate surface area is 240 Å². The van der Waals surface area contributed by atoms with Gasteiger partial charge in [0.25, 0.3) is 13.6 Å². The summed E-state index contributed by atoms with van der Waals surface area (Å²) in [7, 11) is -10.7. The number of ether oxygens (including phenoxy) is 1. The van der Waals surface area contributed by atoms with Gasteiger partial charge in [-0.1, -0.05) is 25.8 Å². The quantitative estimate of drug-likeness (QED) is 0.122. The summed E-state index contributed by atoms with van der Waals surface area (Å²) in [5.41, 5.74) is 6.43. The van der Waals surface area contributed by atoms with Gasteiger partial charge < -0.3 is 50.1 Å². The van der Waals surface area contributed by atoms with Crippen LogP contribution in [-0.4, -0.2) is 108 Å². The van der Waals surface area contributed by atoms with Crippen LogP contribution in [0.2, 0.25) is 0 Å². The summed E-state index contributed by atoms with van der Waals surface area (Å²) < 4.78 is 45.7. The average Bonchev–Trinajstić information content (AvgIpc) is 3.57. The van der Waals surface area contributed by atoms with Crippen LogP contribution < -0.4 is 15.2 Å². The number of fused-ring (bicyclic) bond motifs is 7. The molecule has 236 valence electrons. The van der Waals surface area contributed by atoms with E-state index in [9.17, 15) is 39.3 Å². The number of phosphoric ester groups is 2. The van der Waals surface area contributed by atoms with Crippen molar-refractivity contribution in [2.45, 2.75) is 63.6 Å². The third kappa shape index (κ3) is 6.76. The molecule has 0 radical (unpaired) electrons. The van der Waals surface area contributed by atoms with Crippen LogP contribution in [0, 0.1) is 0 Å². The molecular weight excluding hydrogens is 602 g/mol. The molecule has 7 N–H and O–H groups in total. The largest absolute Gasteiger partial charge is 0.756 e. The highest BCUT2D eigenvalue weighted by Crippen LogP contribution is 2.58. The Hall–Kier alpha value is -1.89. The third-order valence-electron chi connectivity index (χ3n) is 7.30. The number of nitrogens with zero attached hydrogens (tertiary/aromatic N) is 5. The second-order valence-corrected chi connectivity index (χ2v) is 12.8. The zero-order valence-electron chi connectivity index (χ0n) is 23.1. The van der Waals surface area contributed by atoms with E-state index < -0.39 is 71.6 Å². The smallest absolute Gasteiger partial charge is 0.478 e. The fraction of sp³-hybridized carbons (Fsp3) is 0.682. The van der Waals surface area contributed by atoms with Crippen molar-refractivity contribution >= 4 is 32.6 Å². The molecule has 0 aromatic carbocycles. The van der Waals surface area contributed by atoms with Crippen LogP contribution in [0.3, 0.4) is 0 Å². The SMILES string of the molecule is CCN(CC)CC.Nc1c2ncn3c2nc[n+]1[C@@H]1C=C(COP(=O)([O-])OP(=O)(O)OC[C@H]2O[C@@H]3[C@H](O)[C@@H]2O)[C@@H](O)[C@H]1O. The number of rotatable bonds is 3. The molecule has 2 unspecified atom stereocenters. The van der Waals surface area contributed by atoms with Crippen molar-refractivity contribution < 1.29 is 62.0 Å². The number of nitrogens with two attached hydrogens (primary N) is 1. The summed E-state index contributed by atoms with van der Waals surface area (Å²) in [4.78, 5) is 32.7. The molecule has 8 bridgehead atoms. The van der Waals surface area contributed by atoms with Gasteiger partial charge in [0.05, 0.1) is 13.2 Å². The van der Waals surface area contributed by atoms with E-state index in [1.807, 2.05) is 0 Å². The Bertz CT molecular complexity index is 1380. The number of aromatic nitrogens is 4. The lowest BCUT2D eigenvalue weighted by Crippen LogP contribution is -2.48. The Balaban J connectivity index is 0.000000517. The number of hydrogen-bond donors (Lipinski definition) is 6. The van der Waals surface area contributed by atoms with Gasteiger partial charge in [-0.05, 0) is 31.3 Å². The van der Waals surface area contributed by atoms with Crippen LogP contribution in [0.1, 0.15) is 33.0 Å². The van der Waals surface area contributed by atoms with Crippen molar-refractivity contribution in [2.24, 2.45) is 0 Å². The molecule has 1 aliphatic carbocycles. The Morgan fingerprint density at radius 3 is 2.38 bits per heavy atom. The normalized spacial score (nSPS) is 37.0. The highest BCUT2D eigenvalue weighted by molar-refractivity contribution is 7.60. The maximum absolute atomic E-state index is 12.1. The van der Waals surface area contributed by atoms with E-state index in [4.69, 9.17) is 10.5 Å². The van der Waals surface area contributed by atoms with E-state index >= 15 is 0 Å². The Morgan fingerprint density at radius 1 is 1.10 bits per heavy atom. The second-order valence-electron chi connectivity index (χ2n) is 9.76. The van der Waals surface area contributed by atoms with Gasteiger partial charge in [0.2, 0.25) is 12.0 Å². The van der Waals surface area contributed by atoms with Crippen LogP contribution in [0.5, 0.6) is 0 Å². The van der Waals surface area contributed by atoms with E-state index in [-0.39, 0.29) is 22.6 Å². The first-order chi connectivity index (χ1) is 19.7. The number of aliphatic hydroxyl groups excluding tert-OH is 4. The summed E-state index contributed by atoms with van der Waals surface area (Å²) >= 11 is 0. The first kappa shape index (κ1) is 33.0. The molecule has 4 aliphatic rings. The number of hydrogen-bond acceptors (Lipinski definition) is 15. The molecule has 1 saturated heterocycles. The van der Waals surface area contributed by atoms with Crippen molar-refractivity contribution in [1.82, 2.24) is 19.4 Å². The highest BCUT2D eigenvalue weighted by atomic mass is 31.3. The summed E-state index contributed by atoms with van der Waals surface area (Å²) in [5.74, 6) is 0.0107. The maximum atomic E-state index is 12.1. The number of anilines is 1. The van der Waals surface area contributed by atoms with Gasteiger partial charge in [0.1, 0.15) is 42.9 Å². The van der Waals surface area contributed by atoms with Crippen molar-refractivity contribution in [3.05, 3.63) is 24.3 Å². The third-order valence-corrected chi connectivity index (χ3v) is 9.85. The molecular formula is C22H36N6O12P2. The van der Waals surface area contributed by atoms with E-state index in [2.05, 4.69) is 49.0 Å². The summed E-state index contributed by atoms with van der Waals surface area (Å²) in [5, 5.41) is 41.7. The zero-order chi connectivity index (χ0) is 31.0. The van der Waals surface area contributed by atoms with E-state index in [0.717, 1.165) is 0 Å². The fourth-order valence-electron chi connectivity index (χ4n) is 4.85. The minimum Gasteiger partial charge on any atom is -0.756 e. The minimum atomic E-state index is -5.46. The Kier molecular flexibility index (Phi) is 10.2. The number of phosphoric acid groups is 2. The summed E-state index contributed by atoms with van der Waals surface area (Å²) in [6, 6.07) is -1.01. The lowest BCUT2D eigenvalue weighted by molar-refractivity contribution is -0.707. The van der Waals surface area contributed by atoms with Crippen molar-refractivity contribution in [1.29, 1.82) is 0 Å². The molecule has 0 amide bonds. The lowest BCUT2D eigenvalue weighted by atomic mass is 10.1. The molecule has 1 fully saturated rings. The lowest BCUT2D eigenvalue weighted by Gasteiger charge is -2.26. The molecule has 0 saturated carbocycles. The van der Waals surface area contributed by atoms with Crippen molar-refractivity contribution in [3.8, 4) is 0 Å². The van der Waals surface area contributed by atoms with Crippen molar-refractivity contribution in [2.75, 3.05) is 38.6 Å². The van der Waals surface area contributed by atoms with Crippen molar-refractivity contribution in [3.63, 3.8) is 0 Å². The number of imidazole rings is 1. The van der Waals surface area contributed by atoms with Gasteiger partial charge in [0.15, 0.2) is 11.7 Å². The molecule has 0 spiro atoms. The van der Waals surface area contributed by atoms with Gasteiger partial charge >= 0.3 is 7.82 Å². The van der Waals surface area contributed by atoms with E-state index in [1.54, 1.807) is 0 Å². The average molecular weight is 639 g/mol. The van der Waals surface area contributed by atoms with Gasteiger partial charge in [-0.25, -0.2) is 18.4 Å². The molecule has 2 aromatic heterocycles. The second kappa shape index (κ2) is 13.0. The first-order valence-corrected chi connectivity index (χ1v) is 16.2. The van der Waals surface area contributed by atoms with Gasteiger partial charge in [-0.3, -0.25) is 13.7 Å². The van der Waals surface area contributed by atoms with Crippen LogP contribution in [0.4, 0.5) is 5.82 Å². The topological polar surface area (TPSA) is 259 Å². The maximum Gasteiger partial charge on any atom is 0.478 e. The summed E-state index contributed by atoms with van der Waals surface area (Å²) in [6.45, 7) is 8.46. The van der Waals surface area contributed by atoms with Gasteiger partial charge in [-0.15, -0.1) is 0 Å². The predicted molar refractivity (Wildman–Crippen MR) is 141 cm³/mol. The minimum absolute atomic E-state index is 0.0107. The summed E-state index contributed by atoms with van der Waals surface area (Å²) in [6.07, 6.45) is -5.12. The molecule has 18 nitrogen and oxygen atoms in total. The number of nitrogen functional groups attached to an aromatic ring is 1. The molecule has 2 aromatic rings. The van der Waals surface area contributed by atoms with Crippen LogP contribution >= 0.6 is 15.6 Å². The fourth-order valence-corrected chi connectivity index (χ4v) is 6.88. The molecule has 20 heteroatoms. The number of aliphatic hydroxyl groups is 4.